The van der Waals surface area contributed by atoms with Gasteiger partial charge in [0, 0.05) is 11.4 Å². The molecule has 0 spiro atoms. The van der Waals surface area contributed by atoms with E-state index < -0.39 is 5.82 Å². The highest BCUT2D eigenvalue weighted by Gasteiger charge is 2.11. The Kier molecular flexibility index (Phi) is 6.67. The van der Waals surface area contributed by atoms with Crippen molar-refractivity contribution in [2.24, 2.45) is 0 Å². The van der Waals surface area contributed by atoms with Gasteiger partial charge < -0.3 is 14.2 Å². The number of hydrogen-bond acceptors (Lipinski definition) is 4. The van der Waals surface area contributed by atoms with Crippen LogP contribution in [-0.2, 0) is 4.74 Å². The van der Waals surface area contributed by atoms with Gasteiger partial charge in [0.1, 0.15) is 12.4 Å². The van der Waals surface area contributed by atoms with Gasteiger partial charge in [-0.25, -0.2) is 4.39 Å². The van der Waals surface area contributed by atoms with Crippen LogP contribution in [0.1, 0.15) is 10.4 Å². The lowest BCUT2D eigenvalue weighted by molar-refractivity contribution is 0.110. The number of aldehydes is 1. The second-order valence-electron chi connectivity index (χ2n) is 3.29. The summed E-state index contributed by atoms with van der Waals surface area (Å²) in [7, 11) is 1.43. The highest BCUT2D eigenvalue weighted by Crippen LogP contribution is 2.29. The number of carbonyl (C=O) groups excluding carboxylic acids is 1. The van der Waals surface area contributed by atoms with Gasteiger partial charge in [0.2, 0.25) is 0 Å². The van der Waals surface area contributed by atoms with Crippen LogP contribution < -0.4 is 9.47 Å². The second kappa shape index (κ2) is 8.05. The molecule has 0 N–H and O–H groups in total. The molecule has 0 heterocycles. The Morgan fingerprint density at radius 3 is 2.67 bits per heavy atom. The molecule has 1 rings (SSSR count). The van der Waals surface area contributed by atoms with E-state index in [1.807, 2.05) is 0 Å². The largest absolute Gasteiger partial charge is 0.493 e. The van der Waals surface area contributed by atoms with Gasteiger partial charge in [-0.2, -0.15) is 0 Å². The molecule has 1 aromatic carbocycles. The number of alkyl halides is 1. The number of rotatable bonds is 8. The summed E-state index contributed by atoms with van der Waals surface area (Å²) in [5.41, 5.74) is -0.0604. The number of ether oxygens (including phenoxy) is 3. The van der Waals surface area contributed by atoms with E-state index in [0.717, 1.165) is 11.4 Å². The van der Waals surface area contributed by atoms with Crippen molar-refractivity contribution in [1.29, 1.82) is 0 Å². The molecule has 0 atom stereocenters. The first-order valence-corrected chi connectivity index (χ1v) is 6.44. The average molecular weight is 321 g/mol. The predicted molar refractivity (Wildman–Crippen MR) is 68.4 cm³/mol. The van der Waals surface area contributed by atoms with Crippen molar-refractivity contribution in [3.8, 4) is 11.5 Å². The summed E-state index contributed by atoms with van der Waals surface area (Å²) in [5.74, 6) is -0.0655. The lowest BCUT2D eigenvalue weighted by Crippen LogP contribution is -2.09. The van der Waals surface area contributed by atoms with Gasteiger partial charge in [-0.3, -0.25) is 4.79 Å². The zero-order valence-corrected chi connectivity index (χ0v) is 11.5. The Bertz CT molecular complexity index is 398. The molecule has 0 radical (unpaired) electrons. The number of halogens is 2. The van der Waals surface area contributed by atoms with E-state index in [0.29, 0.717) is 25.2 Å². The molecule has 0 aromatic heterocycles. The molecule has 0 amide bonds. The van der Waals surface area contributed by atoms with Crippen LogP contribution in [0.4, 0.5) is 4.39 Å². The Morgan fingerprint density at radius 2 is 2.06 bits per heavy atom. The van der Waals surface area contributed by atoms with Crippen LogP contribution in [0.25, 0.3) is 0 Å². The minimum atomic E-state index is -0.637. The average Bonchev–Trinajstić information content (AvgIpc) is 2.38. The summed E-state index contributed by atoms with van der Waals surface area (Å²) in [6.07, 6.45) is 0.431. The van der Waals surface area contributed by atoms with Crippen LogP contribution in [0, 0.1) is 5.82 Å². The monoisotopic (exact) mass is 320 g/mol. The Morgan fingerprint density at radius 1 is 1.28 bits per heavy atom. The minimum absolute atomic E-state index is 0.0604. The molecule has 18 heavy (non-hydrogen) atoms. The summed E-state index contributed by atoms with van der Waals surface area (Å²) in [4.78, 5) is 10.6. The Hall–Kier alpha value is -1.14. The molecule has 0 aliphatic carbocycles. The standard InChI is InChI=1S/C12H14BrFO4/c1-16-11-6-9(8-15)10(14)7-12(11)18-5-4-17-3-2-13/h6-8H,2-5H2,1H3. The molecular formula is C12H14BrFO4. The fourth-order valence-electron chi connectivity index (χ4n) is 1.28. The van der Waals surface area contributed by atoms with Gasteiger partial charge in [0.25, 0.3) is 0 Å². The van der Waals surface area contributed by atoms with Gasteiger partial charge in [-0.15, -0.1) is 0 Å². The molecule has 0 saturated heterocycles. The number of hydrogen-bond donors (Lipinski definition) is 0. The second-order valence-corrected chi connectivity index (χ2v) is 4.09. The molecule has 100 valence electrons. The minimum Gasteiger partial charge on any atom is -0.493 e. The molecule has 0 aliphatic rings. The van der Waals surface area contributed by atoms with Crippen LogP contribution >= 0.6 is 15.9 Å². The van der Waals surface area contributed by atoms with Crippen LogP contribution in [-0.4, -0.2) is 38.5 Å². The van der Waals surface area contributed by atoms with Crippen molar-refractivity contribution < 1.29 is 23.4 Å². The first-order chi connectivity index (χ1) is 8.72. The molecule has 0 fully saturated rings. The fourth-order valence-corrected chi connectivity index (χ4v) is 1.51. The van der Waals surface area contributed by atoms with E-state index in [1.54, 1.807) is 0 Å². The maximum Gasteiger partial charge on any atom is 0.164 e. The lowest BCUT2D eigenvalue weighted by Gasteiger charge is -2.11. The normalized spacial score (nSPS) is 10.2. The van der Waals surface area contributed by atoms with E-state index in [2.05, 4.69) is 15.9 Å². The summed E-state index contributed by atoms with van der Waals surface area (Å²) >= 11 is 3.23. The maximum absolute atomic E-state index is 13.4. The molecule has 6 heteroatoms. The van der Waals surface area contributed by atoms with E-state index in [1.165, 1.54) is 13.2 Å². The van der Waals surface area contributed by atoms with E-state index in [-0.39, 0.29) is 17.9 Å². The van der Waals surface area contributed by atoms with Gasteiger partial charge in [0.15, 0.2) is 17.8 Å². The summed E-state index contributed by atoms with van der Waals surface area (Å²) in [6, 6.07) is 2.43. The van der Waals surface area contributed by atoms with Crippen molar-refractivity contribution >= 4 is 22.2 Å². The van der Waals surface area contributed by atoms with Crippen molar-refractivity contribution in [3.05, 3.63) is 23.5 Å². The van der Waals surface area contributed by atoms with Crippen LogP contribution in [0.5, 0.6) is 11.5 Å². The molecule has 0 bridgehead atoms. The molecule has 1 aromatic rings. The predicted octanol–water partition coefficient (Wildman–Crippen LogP) is 2.44. The highest BCUT2D eigenvalue weighted by molar-refractivity contribution is 9.09. The van der Waals surface area contributed by atoms with Crippen LogP contribution in [0.15, 0.2) is 12.1 Å². The molecular weight excluding hydrogens is 307 g/mol. The first-order valence-electron chi connectivity index (χ1n) is 5.32. The van der Waals surface area contributed by atoms with Crippen molar-refractivity contribution in [2.45, 2.75) is 0 Å². The van der Waals surface area contributed by atoms with E-state index >= 15 is 0 Å². The number of carbonyl (C=O) groups is 1. The number of benzene rings is 1. The van der Waals surface area contributed by atoms with Gasteiger partial charge >= 0.3 is 0 Å². The third-order valence-electron chi connectivity index (χ3n) is 2.12. The van der Waals surface area contributed by atoms with Crippen molar-refractivity contribution in [3.63, 3.8) is 0 Å². The fraction of sp³-hybridized carbons (Fsp3) is 0.417. The third kappa shape index (κ3) is 4.27. The van der Waals surface area contributed by atoms with Crippen LogP contribution in [0.3, 0.4) is 0 Å². The van der Waals surface area contributed by atoms with Crippen molar-refractivity contribution in [2.75, 3.05) is 32.3 Å². The van der Waals surface area contributed by atoms with Gasteiger partial charge in [-0.05, 0) is 6.07 Å². The summed E-state index contributed by atoms with van der Waals surface area (Å²) < 4.78 is 28.9. The molecule has 4 nitrogen and oxygen atoms in total. The van der Waals surface area contributed by atoms with Gasteiger partial charge in [0.05, 0.1) is 25.9 Å². The smallest absolute Gasteiger partial charge is 0.164 e. The zero-order valence-electron chi connectivity index (χ0n) is 9.95. The SMILES string of the molecule is COc1cc(C=O)c(F)cc1OCCOCCBr. The Balaban J connectivity index is 2.64. The van der Waals surface area contributed by atoms with Crippen molar-refractivity contribution in [1.82, 2.24) is 0 Å². The molecule has 0 aliphatic heterocycles. The first kappa shape index (κ1) is 14.9. The Labute approximate surface area is 113 Å². The molecule has 0 saturated carbocycles. The summed E-state index contributed by atoms with van der Waals surface area (Å²) in [5, 5.41) is 0.749. The summed E-state index contributed by atoms with van der Waals surface area (Å²) in [6.45, 7) is 1.26. The highest BCUT2D eigenvalue weighted by atomic mass is 79.9. The number of methoxy groups -OCH3 is 1. The lowest BCUT2D eigenvalue weighted by atomic mass is 10.2. The maximum atomic E-state index is 13.4. The zero-order chi connectivity index (χ0) is 13.4. The topological polar surface area (TPSA) is 44.8 Å². The third-order valence-corrected chi connectivity index (χ3v) is 2.44. The van der Waals surface area contributed by atoms with E-state index in [4.69, 9.17) is 14.2 Å². The van der Waals surface area contributed by atoms with E-state index in [9.17, 15) is 9.18 Å². The van der Waals surface area contributed by atoms with Gasteiger partial charge in [-0.1, -0.05) is 15.9 Å². The molecule has 0 unspecified atom stereocenters. The quantitative estimate of drug-likeness (QED) is 0.419. The van der Waals surface area contributed by atoms with Crippen LogP contribution in [0.2, 0.25) is 0 Å².